The van der Waals surface area contributed by atoms with Crippen LogP contribution in [0.4, 0.5) is 15.1 Å². The molecule has 28 heavy (non-hydrogen) atoms. The van der Waals surface area contributed by atoms with E-state index in [9.17, 15) is 14.0 Å². The number of fused-ring (bicyclic) bond motifs is 2. The maximum atomic E-state index is 14.4. The van der Waals surface area contributed by atoms with E-state index in [1.165, 1.54) is 18.2 Å². The van der Waals surface area contributed by atoms with Gasteiger partial charge in [0.15, 0.2) is 0 Å². The third-order valence-corrected chi connectivity index (χ3v) is 4.08. The Balaban J connectivity index is 1.77. The molecule has 2 aromatic carbocycles. The standard InChI is InChI=1S/C19H16FN5O3/c1-9(2)28-19(27)23-18-21-13-7-6-10(8-14(13)22-18)16-15-11(17(26)25-24-16)4-3-5-12(15)20/h3-9H,1-2H3,(H,25,26)(H2,21,22,23,27). The Morgan fingerprint density at radius 3 is 2.86 bits per heavy atom. The highest BCUT2D eigenvalue weighted by molar-refractivity contribution is 5.96. The minimum atomic E-state index is -0.621. The second kappa shape index (κ2) is 6.76. The molecule has 9 heteroatoms. The summed E-state index contributed by atoms with van der Waals surface area (Å²) in [7, 11) is 0. The first kappa shape index (κ1) is 17.7. The first-order valence-corrected chi connectivity index (χ1v) is 8.57. The van der Waals surface area contributed by atoms with Gasteiger partial charge in [0, 0.05) is 5.56 Å². The highest BCUT2D eigenvalue weighted by Gasteiger charge is 2.15. The van der Waals surface area contributed by atoms with Crippen LogP contribution in [-0.2, 0) is 4.74 Å². The number of carbonyl (C=O) groups excluding carboxylic acids is 1. The number of ether oxygens (including phenoxy) is 1. The highest BCUT2D eigenvalue weighted by Crippen LogP contribution is 2.28. The molecular formula is C19H16FN5O3. The molecule has 0 spiro atoms. The van der Waals surface area contributed by atoms with E-state index >= 15 is 0 Å². The van der Waals surface area contributed by atoms with Crippen LogP contribution in [0.2, 0.25) is 0 Å². The van der Waals surface area contributed by atoms with Gasteiger partial charge in [-0.2, -0.15) is 5.10 Å². The summed E-state index contributed by atoms with van der Waals surface area (Å²) in [6.07, 6.45) is -0.880. The first-order chi connectivity index (χ1) is 13.4. The van der Waals surface area contributed by atoms with Crippen molar-refractivity contribution in [1.29, 1.82) is 0 Å². The van der Waals surface area contributed by atoms with E-state index in [4.69, 9.17) is 4.74 Å². The van der Waals surface area contributed by atoms with Crippen LogP contribution in [0.5, 0.6) is 0 Å². The number of hydrogen-bond donors (Lipinski definition) is 3. The molecule has 0 atom stereocenters. The summed E-state index contributed by atoms with van der Waals surface area (Å²) >= 11 is 0. The number of H-pyrrole nitrogens is 2. The van der Waals surface area contributed by atoms with E-state index < -0.39 is 17.5 Å². The van der Waals surface area contributed by atoms with Crippen molar-refractivity contribution in [2.45, 2.75) is 20.0 Å². The van der Waals surface area contributed by atoms with Gasteiger partial charge in [0.05, 0.1) is 27.9 Å². The zero-order valence-corrected chi connectivity index (χ0v) is 15.0. The van der Waals surface area contributed by atoms with Gasteiger partial charge in [-0.05, 0) is 38.1 Å². The van der Waals surface area contributed by atoms with Crippen molar-refractivity contribution in [2.75, 3.05) is 5.32 Å². The summed E-state index contributed by atoms with van der Waals surface area (Å²) in [5.74, 6) is -0.310. The number of benzene rings is 2. The van der Waals surface area contributed by atoms with Gasteiger partial charge < -0.3 is 9.72 Å². The van der Waals surface area contributed by atoms with Crippen molar-refractivity contribution in [3.8, 4) is 11.3 Å². The lowest BCUT2D eigenvalue weighted by atomic mass is 10.0. The fraction of sp³-hybridized carbons (Fsp3) is 0.158. The molecule has 0 fully saturated rings. The van der Waals surface area contributed by atoms with E-state index in [1.54, 1.807) is 32.0 Å². The van der Waals surface area contributed by atoms with Crippen LogP contribution in [0.25, 0.3) is 33.1 Å². The number of aromatic amines is 2. The number of amides is 1. The second-order valence-electron chi connectivity index (χ2n) is 6.46. The lowest BCUT2D eigenvalue weighted by Crippen LogP contribution is -2.18. The zero-order chi connectivity index (χ0) is 19.8. The van der Waals surface area contributed by atoms with Gasteiger partial charge in [-0.1, -0.05) is 12.1 Å². The van der Waals surface area contributed by atoms with Crippen LogP contribution < -0.4 is 10.9 Å². The van der Waals surface area contributed by atoms with Crippen LogP contribution in [0.3, 0.4) is 0 Å². The predicted octanol–water partition coefficient (Wildman–Crippen LogP) is 3.56. The molecule has 0 bridgehead atoms. The molecule has 0 radical (unpaired) electrons. The Bertz CT molecular complexity index is 1260. The number of carbonyl (C=O) groups is 1. The molecule has 142 valence electrons. The lowest BCUT2D eigenvalue weighted by molar-refractivity contribution is 0.130. The van der Waals surface area contributed by atoms with Crippen LogP contribution in [-0.4, -0.2) is 32.4 Å². The van der Waals surface area contributed by atoms with Gasteiger partial charge in [-0.15, -0.1) is 0 Å². The van der Waals surface area contributed by atoms with Crippen molar-refractivity contribution in [3.05, 3.63) is 52.6 Å². The number of nitrogens with one attached hydrogen (secondary N) is 3. The Morgan fingerprint density at radius 1 is 1.25 bits per heavy atom. The van der Waals surface area contributed by atoms with Crippen molar-refractivity contribution >= 4 is 33.8 Å². The Labute approximate surface area is 157 Å². The molecule has 0 aliphatic rings. The van der Waals surface area contributed by atoms with Gasteiger partial charge in [0.1, 0.15) is 11.5 Å². The van der Waals surface area contributed by atoms with E-state index in [0.717, 1.165) is 0 Å². The SMILES string of the molecule is CC(C)OC(=O)Nc1nc2cc(-c3n[nH]c(=O)c4cccc(F)c34)ccc2[nH]1. The Kier molecular flexibility index (Phi) is 4.26. The monoisotopic (exact) mass is 381 g/mol. The molecule has 0 unspecified atom stereocenters. The molecule has 2 heterocycles. The number of hydrogen-bond acceptors (Lipinski definition) is 5. The average molecular weight is 381 g/mol. The molecule has 0 aliphatic carbocycles. The van der Waals surface area contributed by atoms with Crippen LogP contribution in [0.15, 0.2) is 41.2 Å². The summed E-state index contributed by atoms with van der Waals surface area (Å²) in [5.41, 5.74) is 1.61. The minimum absolute atomic E-state index is 0.139. The van der Waals surface area contributed by atoms with Gasteiger partial charge in [-0.25, -0.2) is 19.3 Å². The summed E-state index contributed by atoms with van der Waals surface area (Å²) < 4.78 is 19.4. The molecule has 8 nitrogen and oxygen atoms in total. The third kappa shape index (κ3) is 3.18. The number of halogens is 1. The van der Waals surface area contributed by atoms with E-state index in [1.807, 2.05) is 0 Å². The number of rotatable bonds is 3. The molecule has 1 amide bonds. The fourth-order valence-corrected chi connectivity index (χ4v) is 2.94. The van der Waals surface area contributed by atoms with Crippen molar-refractivity contribution in [3.63, 3.8) is 0 Å². The number of nitrogens with zero attached hydrogens (tertiary/aromatic N) is 2. The van der Waals surface area contributed by atoms with Crippen LogP contribution in [0, 0.1) is 5.82 Å². The molecular weight excluding hydrogens is 365 g/mol. The van der Waals surface area contributed by atoms with Crippen LogP contribution in [0.1, 0.15) is 13.8 Å². The van der Waals surface area contributed by atoms with E-state index in [2.05, 4.69) is 25.5 Å². The highest BCUT2D eigenvalue weighted by atomic mass is 19.1. The third-order valence-electron chi connectivity index (χ3n) is 4.08. The fourth-order valence-electron chi connectivity index (χ4n) is 2.94. The van der Waals surface area contributed by atoms with Gasteiger partial charge in [0.2, 0.25) is 5.95 Å². The summed E-state index contributed by atoms with van der Waals surface area (Å²) in [6.45, 7) is 3.48. The molecule has 4 rings (SSSR count). The van der Waals surface area contributed by atoms with Crippen molar-refractivity contribution in [2.24, 2.45) is 0 Å². The van der Waals surface area contributed by atoms with Gasteiger partial charge in [-0.3, -0.25) is 10.1 Å². The van der Waals surface area contributed by atoms with E-state index in [0.29, 0.717) is 22.3 Å². The maximum Gasteiger partial charge on any atom is 0.414 e. The molecule has 3 N–H and O–H groups in total. The molecule has 0 saturated carbocycles. The molecule has 4 aromatic rings. The lowest BCUT2D eigenvalue weighted by Gasteiger charge is -2.06. The molecule has 0 saturated heterocycles. The minimum Gasteiger partial charge on any atom is -0.447 e. The maximum absolute atomic E-state index is 14.4. The Morgan fingerprint density at radius 2 is 2.07 bits per heavy atom. The quantitative estimate of drug-likeness (QED) is 0.502. The average Bonchev–Trinajstić information content (AvgIpc) is 3.03. The zero-order valence-electron chi connectivity index (χ0n) is 15.0. The predicted molar refractivity (Wildman–Crippen MR) is 103 cm³/mol. The summed E-state index contributed by atoms with van der Waals surface area (Å²) in [4.78, 5) is 30.9. The molecule has 2 aromatic heterocycles. The molecule has 0 aliphatic heterocycles. The smallest absolute Gasteiger partial charge is 0.414 e. The number of imidazole rings is 1. The van der Waals surface area contributed by atoms with E-state index in [-0.39, 0.29) is 22.8 Å². The number of anilines is 1. The van der Waals surface area contributed by atoms with Crippen LogP contribution >= 0.6 is 0 Å². The van der Waals surface area contributed by atoms with Crippen molar-refractivity contribution in [1.82, 2.24) is 20.2 Å². The van der Waals surface area contributed by atoms with Gasteiger partial charge >= 0.3 is 6.09 Å². The summed E-state index contributed by atoms with van der Waals surface area (Å²) in [5, 5.41) is 9.29. The largest absolute Gasteiger partial charge is 0.447 e. The Hall–Kier alpha value is -3.75. The van der Waals surface area contributed by atoms with Gasteiger partial charge in [0.25, 0.3) is 5.56 Å². The topological polar surface area (TPSA) is 113 Å². The normalized spacial score (nSPS) is 11.3. The summed E-state index contributed by atoms with van der Waals surface area (Å²) in [6, 6.07) is 9.44. The van der Waals surface area contributed by atoms with Crippen molar-refractivity contribution < 1.29 is 13.9 Å². The first-order valence-electron chi connectivity index (χ1n) is 8.57. The number of aromatic nitrogens is 4. The second-order valence-corrected chi connectivity index (χ2v) is 6.46.